The summed E-state index contributed by atoms with van der Waals surface area (Å²) >= 11 is 0. The molecular formula is C22H28N2O6S. The van der Waals surface area contributed by atoms with Crippen molar-refractivity contribution in [3.8, 4) is 5.75 Å². The van der Waals surface area contributed by atoms with Gasteiger partial charge in [-0.3, -0.25) is 9.59 Å². The highest BCUT2D eigenvalue weighted by atomic mass is 32.2. The minimum absolute atomic E-state index is 0.00151. The number of carbonyl (C=O) groups excluding carboxylic acids is 2. The number of methoxy groups -OCH3 is 1. The Bertz CT molecular complexity index is 1030. The molecule has 0 aliphatic heterocycles. The Morgan fingerprint density at radius 2 is 1.77 bits per heavy atom. The van der Waals surface area contributed by atoms with Crippen LogP contribution in [0.2, 0.25) is 0 Å². The van der Waals surface area contributed by atoms with Gasteiger partial charge in [0, 0.05) is 18.8 Å². The Balaban J connectivity index is 1.95. The molecule has 0 spiro atoms. The molecule has 2 rings (SSSR count). The topological polar surface area (TPSA) is 102 Å². The molecule has 0 atom stereocenters. The number of sulfonamides is 1. The zero-order valence-corrected chi connectivity index (χ0v) is 19.0. The molecule has 9 heteroatoms. The second-order valence-corrected chi connectivity index (χ2v) is 8.74. The van der Waals surface area contributed by atoms with Gasteiger partial charge in [0.15, 0.2) is 6.61 Å². The van der Waals surface area contributed by atoms with Crippen molar-refractivity contribution in [2.24, 2.45) is 0 Å². The summed E-state index contributed by atoms with van der Waals surface area (Å²) in [5.74, 6) is -0.450. The first-order chi connectivity index (χ1) is 14.7. The van der Waals surface area contributed by atoms with Crippen LogP contribution >= 0.6 is 0 Å². The predicted molar refractivity (Wildman–Crippen MR) is 118 cm³/mol. The van der Waals surface area contributed by atoms with Crippen molar-refractivity contribution in [1.29, 1.82) is 0 Å². The minimum Gasteiger partial charge on any atom is -0.496 e. The molecule has 0 aliphatic carbocycles. The average Bonchev–Trinajstić information content (AvgIpc) is 2.74. The van der Waals surface area contributed by atoms with Gasteiger partial charge in [-0.15, -0.1) is 0 Å². The van der Waals surface area contributed by atoms with Crippen LogP contribution in [0.3, 0.4) is 0 Å². The molecular weight excluding hydrogens is 420 g/mol. The Morgan fingerprint density at radius 3 is 2.42 bits per heavy atom. The molecule has 0 unspecified atom stereocenters. The molecule has 0 aliphatic rings. The summed E-state index contributed by atoms with van der Waals surface area (Å²) < 4.78 is 36.8. The summed E-state index contributed by atoms with van der Waals surface area (Å²) in [6, 6.07) is 11.3. The lowest BCUT2D eigenvalue weighted by Crippen LogP contribution is -2.30. The number of nitrogens with one attached hydrogen (secondary N) is 1. The number of aryl methyl sites for hydroxylation is 1. The van der Waals surface area contributed by atoms with E-state index in [0.717, 1.165) is 5.56 Å². The van der Waals surface area contributed by atoms with E-state index in [1.165, 1.54) is 16.4 Å². The second kappa shape index (κ2) is 10.9. The van der Waals surface area contributed by atoms with Gasteiger partial charge < -0.3 is 14.8 Å². The highest BCUT2D eigenvalue weighted by molar-refractivity contribution is 7.89. The smallest absolute Gasteiger partial charge is 0.310 e. The summed E-state index contributed by atoms with van der Waals surface area (Å²) in [6.07, 6.45) is 0.00151. The number of nitrogens with zero attached hydrogens (tertiary/aromatic N) is 1. The molecule has 0 aromatic heterocycles. The van der Waals surface area contributed by atoms with Crippen molar-refractivity contribution in [3.05, 3.63) is 53.6 Å². The van der Waals surface area contributed by atoms with Crippen LogP contribution in [0.5, 0.6) is 5.75 Å². The van der Waals surface area contributed by atoms with Crippen molar-refractivity contribution in [3.63, 3.8) is 0 Å². The number of esters is 1. The molecule has 2 aromatic rings. The van der Waals surface area contributed by atoms with Crippen LogP contribution in [0.4, 0.5) is 5.69 Å². The van der Waals surface area contributed by atoms with Crippen molar-refractivity contribution in [2.75, 3.05) is 32.1 Å². The van der Waals surface area contributed by atoms with E-state index < -0.39 is 28.5 Å². The maximum Gasteiger partial charge on any atom is 0.310 e. The molecule has 31 heavy (non-hydrogen) atoms. The fraction of sp³-hybridized carbons (Fsp3) is 0.364. The van der Waals surface area contributed by atoms with E-state index in [1.54, 1.807) is 45.2 Å². The quantitative estimate of drug-likeness (QED) is 0.561. The number of anilines is 1. The summed E-state index contributed by atoms with van der Waals surface area (Å²) in [7, 11) is -2.09. The summed E-state index contributed by atoms with van der Waals surface area (Å²) in [4.78, 5) is 24.3. The highest BCUT2D eigenvalue weighted by Gasteiger charge is 2.22. The zero-order valence-electron chi connectivity index (χ0n) is 18.2. The van der Waals surface area contributed by atoms with Gasteiger partial charge >= 0.3 is 5.97 Å². The molecule has 168 valence electrons. The van der Waals surface area contributed by atoms with Crippen LogP contribution < -0.4 is 10.1 Å². The van der Waals surface area contributed by atoms with E-state index in [-0.39, 0.29) is 11.3 Å². The van der Waals surface area contributed by atoms with Crippen molar-refractivity contribution in [1.82, 2.24) is 4.31 Å². The van der Waals surface area contributed by atoms with Crippen molar-refractivity contribution in [2.45, 2.75) is 32.1 Å². The van der Waals surface area contributed by atoms with Crippen molar-refractivity contribution < 1.29 is 27.5 Å². The summed E-state index contributed by atoms with van der Waals surface area (Å²) in [5.41, 5.74) is 1.96. The van der Waals surface area contributed by atoms with E-state index in [1.807, 2.05) is 13.0 Å². The first kappa shape index (κ1) is 24.4. The molecule has 0 heterocycles. The van der Waals surface area contributed by atoms with Crippen molar-refractivity contribution >= 4 is 27.6 Å². The minimum atomic E-state index is -3.64. The van der Waals surface area contributed by atoms with Crippen LogP contribution in [0.1, 0.15) is 25.0 Å². The third-order valence-electron chi connectivity index (χ3n) is 4.65. The molecule has 1 N–H and O–H groups in total. The molecule has 0 saturated carbocycles. The van der Waals surface area contributed by atoms with Gasteiger partial charge in [-0.2, -0.15) is 4.31 Å². The normalized spacial score (nSPS) is 11.3. The van der Waals surface area contributed by atoms with Crippen LogP contribution in [0.15, 0.2) is 47.4 Å². The molecule has 0 bridgehead atoms. The number of carbonyl (C=O) groups is 2. The standard InChI is InChI=1S/C22H28N2O6S/c1-5-24(6-2)31(27,28)19-9-7-8-18(14-19)23-21(25)15-30-22(26)13-17-11-10-16(3)20(12-17)29-4/h7-12,14H,5-6,13,15H2,1-4H3,(H,23,25). The van der Waals surface area contributed by atoms with Gasteiger partial charge in [0.1, 0.15) is 5.75 Å². The monoisotopic (exact) mass is 448 g/mol. The first-order valence-electron chi connectivity index (χ1n) is 9.90. The van der Waals surface area contributed by atoms with E-state index >= 15 is 0 Å². The third kappa shape index (κ3) is 6.53. The van der Waals surface area contributed by atoms with Gasteiger partial charge in [-0.25, -0.2) is 8.42 Å². The Hall–Kier alpha value is -2.91. The fourth-order valence-corrected chi connectivity index (χ4v) is 4.49. The molecule has 8 nitrogen and oxygen atoms in total. The summed E-state index contributed by atoms with van der Waals surface area (Å²) in [6.45, 7) is 5.63. The largest absolute Gasteiger partial charge is 0.496 e. The van der Waals surface area contributed by atoms with E-state index in [4.69, 9.17) is 9.47 Å². The Morgan fingerprint density at radius 1 is 1.06 bits per heavy atom. The van der Waals surface area contributed by atoms with E-state index in [0.29, 0.717) is 30.1 Å². The maximum atomic E-state index is 12.6. The van der Waals surface area contributed by atoms with Gasteiger partial charge in [0.05, 0.1) is 18.4 Å². The van der Waals surface area contributed by atoms with Gasteiger partial charge in [-0.1, -0.05) is 32.0 Å². The van der Waals surface area contributed by atoms with Gasteiger partial charge in [0.25, 0.3) is 5.91 Å². The summed E-state index contributed by atoms with van der Waals surface area (Å²) in [5, 5.41) is 2.56. The molecule has 0 saturated heterocycles. The van der Waals surface area contributed by atoms with Crippen LogP contribution in [-0.2, 0) is 30.8 Å². The average molecular weight is 449 g/mol. The molecule has 1 amide bonds. The number of hydrogen-bond donors (Lipinski definition) is 1. The molecule has 0 radical (unpaired) electrons. The maximum absolute atomic E-state index is 12.6. The lowest BCUT2D eigenvalue weighted by atomic mass is 10.1. The number of benzene rings is 2. The number of ether oxygens (including phenoxy) is 2. The number of hydrogen-bond acceptors (Lipinski definition) is 6. The van der Waals surface area contributed by atoms with Crippen LogP contribution in [0.25, 0.3) is 0 Å². The van der Waals surface area contributed by atoms with Crippen LogP contribution in [0, 0.1) is 6.92 Å². The zero-order chi connectivity index (χ0) is 23.0. The lowest BCUT2D eigenvalue weighted by Gasteiger charge is -2.18. The Labute approximate surface area is 183 Å². The fourth-order valence-electron chi connectivity index (χ4n) is 2.98. The number of amides is 1. The SMILES string of the molecule is CCN(CC)S(=O)(=O)c1cccc(NC(=O)COC(=O)Cc2ccc(C)c(OC)c2)c1. The molecule has 0 fully saturated rings. The molecule has 2 aromatic carbocycles. The highest BCUT2D eigenvalue weighted by Crippen LogP contribution is 2.20. The third-order valence-corrected chi connectivity index (χ3v) is 6.69. The van der Waals surface area contributed by atoms with Gasteiger partial charge in [-0.05, 0) is 42.3 Å². The first-order valence-corrected chi connectivity index (χ1v) is 11.3. The predicted octanol–water partition coefficient (Wildman–Crippen LogP) is 2.76. The van der Waals surface area contributed by atoms with Crippen LogP contribution in [-0.4, -0.2) is 51.4 Å². The van der Waals surface area contributed by atoms with E-state index in [9.17, 15) is 18.0 Å². The second-order valence-electron chi connectivity index (χ2n) is 6.81. The van der Waals surface area contributed by atoms with E-state index in [2.05, 4.69) is 5.32 Å². The number of rotatable bonds is 10. The van der Waals surface area contributed by atoms with Gasteiger partial charge in [0.2, 0.25) is 10.0 Å². The Kier molecular flexibility index (Phi) is 8.58. The lowest BCUT2D eigenvalue weighted by molar-refractivity contribution is -0.146.